The zero-order valence-corrected chi connectivity index (χ0v) is 21.5. The summed E-state index contributed by atoms with van der Waals surface area (Å²) < 4.78 is 28.3. The van der Waals surface area contributed by atoms with Crippen LogP contribution in [0.5, 0.6) is 0 Å². The number of benzene rings is 1. The Labute approximate surface area is 214 Å². The largest absolute Gasteiger partial charge is 0.351 e. The molecule has 2 N–H and O–H groups in total. The molecule has 1 amide bonds. The summed E-state index contributed by atoms with van der Waals surface area (Å²) in [5, 5.41) is 2.68. The molecular weight excluding hydrogens is 478 g/mol. The van der Waals surface area contributed by atoms with Gasteiger partial charge in [-0.25, -0.2) is 14.7 Å². The van der Waals surface area contributed by atoms with Crippen LogP contribution in [0.2, 0.25) is 0 Å². The van der Waals surface area contributed by atoms with E-state index in [9.17, 15) is 18.0 Å². The lowest BCUT2D eigenvalue weighted by atomic mass is 9.97. The Morgan fingerprint density at radius 1 is 1.11 bits per heavy atom. The minimum absolute atomic E-state index is 0. The number of nitrogens with zero attached hydrogens (tertiary/aromatic N) is 3. The molecule has 1 atom stereocenters. The molecule has 1 aromatic carbocycles. The van der Waals surface area contributed by atoms with E-state index in [-0.39, 0.29) is 30.6 Å². The van der Waals surface area contributed by atoms with E-state index >= 15 is 0 Å². The second-order valence-corrected chi connectivity index (χ2v) is 11.3. The number of amides is 1. The second kappa shape index (κ2) is 9.69. The van der Waals surface area contributed by atoms with Crippen LogP contribution in [-0.4, -0.2) is 42.2 Å². The fourth-order valence-corrected chi connectivity index (χ4v) is 5.51. The Bertz CT molecular complexity index is 1430. The average Bonchev–Trinajstić information content (AvgIpc) is 3.10. The Kier molecular flexibility index (Phi) is 6.81. The molecule has 0 bridgehead atoms. The lowest BCUT2D eigenvalue weighted by molar-refractivity contribution is 0.0979. The zero-order chi connectivity index (χ0) is 26.1. The molecule has 36 heavy (non-hydrogen) atoms. The summed E-state index contributed by atoms with van der Waals surface area (Å²) in [6, 6.07) is 14.4. The van der Waals surface area contributed by atoms with Crippen molar-refractivity contribution in [3.05, 3.63) is 71.9 Å². The van der Waals surface area contributed by atoms with E-state index in [1.807, 2.05) is 0 Å². The van der Waals surface area contributed by atoms with Crippen LogP contribution < -0.4 is 14.9 Å². The van der Waals surface area contributed by atoms with E-state index < -0.39 is 15.9 Å². The molecule has 1 aliphatic heterocycles. The number of ketones is 1. The third kappa shape index (κ3) is 5.38. The Morgan fingerprint density at radius 2 is 1.86 bits per heavy atom. The van der Waals surface area contributed by atoms with E-state index in [2.05, 4.69) is 45.7 Å². The maximum atomic E-state index is 13.1. The van der Waals surface area contributed by atoms with Crippen LogP contribution in [-0.2, 0) is 10.0 Å². The van der Waals surface area contributed by atoms with Gasteiger partial charge in [-0.05, 0) is 69.5 Å². The molecule has 3 aromatic rings. The molecule has 10 heteroatoms. The average molecular weight is 512 g/mol. The Morgan fingerprint density at radius 3 is 2.56 bits per heavy atom. The standard InChI is InChI=1S/C26H29N5O4S.2H2/c1-17-15-26(3,4)31(16-17)24-21(10-7-13-27-24)25(33)30-36(34,35)23-12-6-11-22(29-23)28-20-9-5-8-19(14-20)18(2)32;;/h5-14,17H,15-16H2,1-4H3,(H,28,29)(H,30,33);2*1H. The van der Waals surface area contributed by atoms with E-state index in [0.29, 0.717) is 23.0 Å². The number of Topliss-reactive ketones (excluding diaryl/α,β-unsaturated/α-hetero) is 1. The maximum Gasteiger partial charge on any atom is 0.281 e. The Balaban J connectivity index is 0.00000253. The maximum absolute atomic E-state index is 13.1. The fourth-order valence-electron chi connectivity index (χ4n) is 4.58. The summed E-state index contributed by atoms with van der Waals surface area (Å²) in [6.07, 6.45) is 2.53. The summed E-state index contributed by atoms with van der Waals surface area (Å²) in [5.41, 5.74) is 1.05. The first kappa shape index (κ1) is 25.3. The van der Waals surface area contributed by atoms with Gasteiger partial charge in [0.05, 0.1) is 5.56 Å². The normalized spacial score (nSPS) is 17.0. The van der Waals surface area contributed by atoms with Crippen LogP contribution in [0.3, 0.4) is 0 Å². The SMILES string of the molecule is CC(=O)c1cccc(Nc2cccc(S(=O)(=O)NC(=O)c3cccnc3N3CC(C)CC3(C)C)n2)c1.[HH].[HH]. The highest BCUT2D eigenvalue weighted by atomic mass is 32.2. The van der Waals surface area contributed by atoms with Crippen LogP contribution in [0.15, 0.2) is 65.8 Å². The topological polar surface area (TPSA) is 121 Å². The van der Waals surface area contributed by atoms with E-state index in [1.165, 1.54) is 19.1 Å². The molecule has 4 rings (SSSR count). The highest BCUT2D eigenvalue weighted by Crippen LogP contribution is 2.37. The number of sulfonamides is 1. The molecule has 1 saturated heterocycles. The van der Waals surface area contributed by atoms with Crippen molar-refractivity contribution in [1.82, 2.24) is 14.7 Å². The number of rotatable bonds is 7. The van der Waals surface area contributed by atoms with Crippen LogP contribution >= 0.6 is 0 Å². The van der Waals surface area contributed by atoms with E-state index in [4.69, 9.17) is 0 Å². The first-order valence-electron chi connectivity index (χ1n) is 11.6. The van der Waals surface area contributed by atoms with Gasteiger partial charge in [0.1, 0.15) is 11.6 Å². The zero-order valence-electron chi connectivity index (χ0n) is 20.6. The van der Waals surface area contributed by atoms with Crippen molar-refractivity contribution in [2.24, 2.45) is 5.92 Å². The van der Waals surface area contributed by atoms with Gasteiger partial charge in [0.2, 0.25) is 0 Å². The predicted molar refractivity (Wildman–Crippen MR) is 142 cm³/mol. The van der Waals surface area contributed by atoms with Crippen molar-refractivity contribution in [1.29, 1.82) is 0 Å². The van der Waals surface area contributed by atoms with Crippen molar-refractivity contribution in [3.8, 4) is 0 Å². The van der Waals surface area contributed by atoms with Crippen molar-refractivity contribution in [2.45, 2.75) is 44.7 Å². The van der Waals surface area contributed by atoms with E-state index in [1.54, 1.807) is 48.7 Å². The molecule has 0 radical (unpaired) electrons. The van der Waals surface area contributed by atoms with Gasteiger partial charge in [-0.1, -0.05) is 25.1 Å². The number of hydrogen-bond acceptors (Lipinski definition) is 8. The smallest absolute Gasteiger partial charge is 0.281 e. The number of nitrogens with one attached hydrogen (secondary N) is 2. The highest BCUT2D eigenvalue weighted by Gasteiger charge is 2.39. The lowest BCUT2D eigenvalue weighted by Gasteiger charge is -2.33. The molecule has 192 valence electrons. The van der Waals surface area contributed by atoms with Gasteiger partial charge in [0.25, 0.3) is 15.9 Å². The highest BCUT2D eigenvalue weighted by molar-refractivity contribution is 7.90. The fraction of sp³-hybridized carbons (Fsp3) is 0.308. The summed E-state index contributed by atoms with van der Waals surface area (Å²) >= 11 is 0. The molecule has 2 aromatic heterocycles. The summed E-state index contributed by atoms with van der Waals surface area (Å²) in [4.78, 5) is 35.4. The molecule has 1 unspecified atom stereocenters. The van der Waals surface area contributed by atoms with Gasteiger partial charge in [0.15, 0.2) is 10.8 Å². The first-order chi connectivity index (χ1) is 17.0. The minimum Gasteiger partial charge on any atom is -0.351 e. The number of hydrogen-bond donors (Lipinski definition) is 2. The van der Waals surface area contributed by atoms with Gasteiger partial charge >= 0.3 is 0 Å². The van der Waals surface area contributed by atoms with Crippen molar-refractivity contribution in [2.75, 3.05) is 16.8 Å². The van der Waals surface area contributed by atoms with Gasteiger partial charge in [-0.2, -0.15) is 8.42 Å². The molecule has 0 saturated carbocycles. The molecule has 1 aliphatic rings. The molecule has 9 nitrogen and oxygen atoms in total. The third-order valence-electron chi connectivity index (χ3n) is 6.13. The molecular formula is C26H33N5O4S. The van der Waals surface area contributed by atoms with E-state index in [0.717, 1.165) is 13.0 Å². The predicted octanol–water partition coefficient (Wildman–Crippen LogP) is 4.66. The summed E-state index contributed by atoms with van der Waals surface area (Å²) in [6.45, 7) is 8.48. The quantitative estimate of drug-likeness (QED) is 0.439. The van der Waals surface area contributed by atoms with Crippen molar-refractivity contribution < 1.29 is 20.9 Å². The molecule has 3 heterocycles. The van der Waals surface area contributed by atoms with Crippen LogP contribution in [0.1, 0.15) is 57.7 Å². The molecule has 0 aliphatic carbocycles. The molecule has 0 spiro atoms. The monoisotopic (exact) mass is 511 g/mol. The number of pyridine rings is 2. The van der Waals surface area contributed by atoms with Crippen LogP contribution in [0, 0.1) is 5.92 Å². The lowest BCUT2D eigenvalue weighted by Crippen LogP contribution is -2.41. The third-order valence-corrected chi connectivity index (χ3v) is 7.36. The van der Waals surface area contributed by atoms with Gasteiger partial charge < -0.3 is 10.2 Å². The van der Waals surface area contributed by atoms with Crippen LogP contribution in [0.25, 0.3) is 0 Å². The number of aromatic nitrogens is 2. The van der Waals surface area contributed by atoms with Crippen molar-refractivity contribution in [3.63, 3.8) is 0 Å². The molecule has 1 fully saturated rings. The van der Waals surface area contributed by atoms with Gasteiger partial charge in [0, 0.05) is 32.4 Å². The van der Waals surface area contributed by atoms with Crippen molar-refractivity contribution >= 4 is 39.0 Å². The number of anilines is 3. The number of carbonyl (C=O) groups is 2. The minimum atomic E-state index is -4.27. The van der Waals surface area contributed by atoms with Crippen LogP contribution in [0.4, 0.5) is 17.3 Å². The summed E-state index contributed by atoms with van der Waals surface area (Å²) in [7, 11) is -4.27. The summed E-state index contributed by atoms with van der Waals surface area (Å²) in [5.74, 6) is 0.251. The van der Waals surface area contributed by atoms with Gasteiger partial charge in [-0.3, -0.25) is 9.59 Å². The first-order valence-corrected chi connectivity index (χ1v) is 13.1. The number of carbonyl (C=O) groups excluding carboxylic acids is 2. The second-order valence-electron chi connectivity index (χ2n) is 9.66. The Hall–Kier alpha value is -3.79. The van der Waals surface area contributed by atoms with Gasteiger partial charge in [-0.15, -0.1) is 0 Å².